The Hall–Kier alpha value is -0.250. The largest absolute Gasteiger partial charge is 0.312 e. The Bertz CT molecular complexity index is 306. The lowest BCUT2D eigenvalue weighted by Crippen LogP contribution is -2.18. The molecule has 0 fully saturated rings. The zero-order valence-electron chi connectivity index (χ0n) is 8.18. The van der Waals surface area contributed by atoms with Crippen molar-refractivity contribution in [1.29, 1.82) is 0 Å². The van der Waals surface area contributed by atoms with Crippen LogP contribution in [0.1, 0.15) is 11.6 Å². The van der Waals surface area contributed by atoms with Gasteiger partial charge in [-0.1, -0.05) is 17.7 Å². The van der Waals surface area contributed by atoms with Gasteiger partial charge in [-0.3, -0.25) is 0 Å². The van der Waals surface area contributed by atoms with Gasteiger partial charge in [-0.25, -0.2) is 4.39 Å². The summed E-state index contributed by atoms with van der Waals surface area (Å²) in [5.74, 6) is 0.577. The predicted octanol–water partition coefficient (Wildman–Crippen LogP) is 3.10. The molecule has 0 saturated heterocycles. The fraction of sp³-hybridized carbons (Fsp3) is 0.400. The highest BCUT2D eigenvalue weighted by atomic mass is 35.5. The number of hydrogen-bond acceptors (Lipinski definition) is 2. The van der Waals surface area contributed by atoms with E-state index in [4.69, 9.17) is 11.6 Å². The van der Waals surface area contributed by atoms with Gasteiger partial charge < -0.3 is 5.32 Å². The third kappa shape index (κ3) is 2.87. The number of halogens is 2. The molecule has 78 valence electrons. The highest BCUT2D eigenvalue weighted by Gasteiger charge is 2.10. The SMILES string of the molecule is CNC(CSC)c1ccc(F)c(Cl)c1. The van der Waals surface area contributed by atoms with Gasteiger partial charge in [-0.2, -0.15) is 11.8 Å². The Morgan fingerprint density at radius 3 is 2.79 bits per heavy atom. The van der Waals surface area contributed by atoms with Gasteiger partial charge in [0.1, 0.15) is 5.82 Å². The molecule has 0 spiro atoms. The van der Waals surface area contributed by atoms with Crippen LogP contribution in [-0.2, 0) is 0 Å². The van der Waals surface area contributed by atoms with Crippen LogP contribution in [0.4, 0.5) is 4.39 Å². The van der Waals surface area contributed by atoms with Crippen molar-refractivity contribution in [2.24, 2.45) is 0 Å². The Labute approximate surface area is 93.0 Å². The molecule has 0 saturated carbocycles. The Kier molecular flexibility index (Phi) is 4.72. The summed E-state index contributed by atoms with van der Waals surface area (Å²) < 4.78 is 12.9. The molecule has 0 aromatic heterocycles. The summed E-state index contributed by atoms with van der Waals surface area (Å²) in [7, 11) is 1.89. The van der Waals surface area contributed by atoms with Crippen molar-refractivity contribution in [3.05, 3.63) is 34.6 Å². The molecule has 0 aliphatic carbocycles. The molecule has 0 heterocycles. The lowest BCUT2D eigenvalue weighted by Gasteiger charge is -2.15. The summed E-state index contributed by atoms with van der Waals surface area (Å²) in [6.07, 6.45) is 2.04. The van der Waals surface area contributed by atoms with Crippen LogP contribution in [-0.4, -0.2) is 19.1 Å². The minimum Gasteiger partial charge on any atom is -0.312 e. The number of hydrogen-bond donors (Lipinski definition) is 1. The molecule has 1 aromatic rings. The van der Waals surface area contributed by atoms with Crippen LogP contribution in [0.25, 0.3) is 0 Å². The number of nitrogens with one attached hydrogen (secondary N) is 1. The Balaban J connectivity index is 2.88. The normalized spacial score (nSPS) is 12.9. The molecular weight excluding hydrogens is 221 g/mol. The van der Waals surface area contributed by atoms with E-state index in [1.165, 1.54) is 6.07 Å². The lowest BCUT2D eigenvalue weighted by molar-refractivity contribution is 0.621. The van der Waals surface area contributed by atoms with Gasteiger partial charge >= 0.3 is 0 Å². The molecule has 1 aromatic carbocycles. The van der Waals surface area contributed by atoms with Crippen LogP contribution in [0.15, 0.2) is 18.2 Å². The summed E-state index contributed by atoms with van der Waals surface area (Å²) >= 11 is 7.45. The van der Waals surface area contributed by atoms with E-state index in [1.54, 1.807) is 23.9 Å². The molecular formula is C10H13ClFNS. The van der Waals surface area contributed by atoms with Gasteiger partial charge in [-0.05, 0) is 31.0 Å². The topological polar surface area (TPSA) is 12.0 Å². The standard InChI is InChI=1S/C10H13ClFNS/c1-13-10(6-14-2)7-3-4-9(12)8(11)5-7/h3-5,10,13H,6H2,1-2H3. The van der Waals surface area contributed by atoms with E-state index in [2.05, 4.69) is 5.32 Å². The first-order chi connectivity index (χ1) is 6.69. The fourth-order valence-electron chi connectivity index (χ4n) is 1.24. The van der Waals surface area contributed by atoms with Crippen LogP contribution in [0, 0.1) is 5.82 Å². The predicted molar refractivity (Wildman–Crippen MR) is 61.6 cm³/mol. The maximum atomic E-state index is 12.9. The van der Waals surface area contributed by atoms with Crippen molar-refractivity contribution < 1.29 is 4.39 Å². The van der Waals surface area contributed by atoms with Crippen molar-refractivity contribution in [3.63, 3.8) is 0 Å². The van der Waals surface area contributed by atoms with Crippen LogP contribution < -0.4 is 5.32 Å². The van der Waals surface area contributed by atoms with E-state index in [0.717, 1.165) is 11.3 Å². The number of benzene rings is 1. The molecule has 1 nitrogen and oxygen atoms in total. The summed E-state index contributed by atoms with van der Waals surface area (Å²) in [5.41, 5.74) is 1.02. The van der Waals surface area contributed by atoms with E-state index < -0.39 is 0 Å². The molecule has 4 heteroatoms. The third-order valence-electron chi connectivity index (χ3n) is 2.03. The summed E-state index contributed by atoms with van der Waals surface area (Å²) in [5, 5.41) is 3.35. The Morgan fingerprint density at radius 2 is 2.29 bits per heavy atom. The van der Waals surface area contributed by atoms with Gasteiger partial charge in [0.05, 0.1) is 5.02 Å². The zero-order chi connectivity index (χ0) is 10.6. The highest BCUT2D eigenvalue weighted by Crippen LogP contribution is 2.22. The van der Waals surface area contributed by atoms with Crippen LogP contribution >= 0.6 is 23.4 Å². The first-order valence-electron chi connectivity index (χ1n) is 4.30. The minimum atomic E-state index is -0.366. The number of rotatable bonds is 4. The lowest BCUT2D eigenvalue weighted by atomic mass is 10.1. The van der Waals surface area contributed by atoms with Crippen LogP contribution in [0.3, 0.4) is 0 Å². The molecule has 1 rings (SSSR count). The average Bonchev–Trinajstić information content (AvgIpc) is 2.19. The second kappa shape index (κ2) is 5.59. The maximum absolute atomic E-state index is 12.9. The molecule has 0 aliphatic heterocycles. The zero-order valence-corrected chi connectivity index (χ0v) is 9.75. The molecule has 1 unspecified atom stereocenters. The van der Waals surface area contributed by atoms with E-state index >= 15 is 0 Å². The molecule has 1 N–H and O–H groups in total. The molecule has 0 bridgehead atoms. The molecule has 1 atom stereocenters. The van der Waals surface area contributed by atoms with Crippen molar-refractivity contribution in [3.8, 4) is 0 Å². The smallest absolute Gasteiger partial charge is 0.141 e. The summed E-state index contributed by atoms with van der Waals surface area (Å²) in [6.45, 7) is 0. The van der Waals surface area contributed by atoms with Crippen molar-refractivity contribution in [2.45, 2.75) is 6.04 Å². The number of thioether (sulfide) groups is 1. The van der Waals surface area contributed by atoms with E-state index in [0.29, 0.717) is 0 Å². The van der Waals surface area contributed by atoms with Crippen molar-refractivity contribution >= 4 is 23.4 Å². The van der Waals surface area contributed by atoms with Gasteiger partial charge in [-0.15, -0.1) is 0 Å². The van der Waals surface area contributed by atoms with E-state index in [1.807, 2.05) is 13.3 Å². The van der Waals surface area contributed by atoms with Crippen molar-refractivity contribution in [2.75, 3.05) is 19.1 Å². The van der Waals surface area contributed by atoms with E-state index in [9.17, 15) is 4.39 Å². The van der Waals surface area contributed by atoms with Gasteiger partial charge in [0, 0.05) is 11.8 Å². The minimum absolute atomic E-state index is 0.184. The van der Waals surface area contributed by atoms with Gasteiger partial charge in [0.2, 0.25) is 0 Å². The molecule has 0 amide bonds. The van der Waals surface area contributed by atoms with Crippen molar-refractivity contribution in [1.82, 2.24) is 5.32 Å². The summed E-state index contributed by atoms with van der Waals surface area (Å²) in [4.78, 5) is 0. The second-order valence-corrected chi connectivity index (χ2v) is 4.29. The average molecular weight is 234 g/mol. The third-order valence-corrected chi connectivity index (χ3v) is 2.98. The highest BCUT2D eigenvalue weighted by molar-refractivity contribution is 7.98. The second-order valence-electron chi connectivity index (χ2n) is 2.97. The van der Waals surface area contributed by atoms with E-state index in [-0.39, 0.29) is 16.9 Å². The molecule has 14 heavy (non-hydrogen) atoms. The van der Waals surface area contributed by atoms with Gasteiger partial charge in [0.15, 0.2) is 0 Å². The van der Waals surface area contributed by atoms with Crippen LogP contribution in [0.5, 0.6) is 0 Å². The first kappa shape index (κ1) is 11.8. The van der Waals surface area contributed by atoms with Gasteiger partial charge in [0.25, 0.3) is 0 Å². The fourth-order valence-corrected chi connectivity index (χ4v) is 2.12. The molecule has 0 radical (unpaired) electrons. The first-order valence-corrected chi connectivity index (χ1v) is 6.07. The summed E-state index contributed by atoms with van der Waals surface area (Å²) in [6, 6.07) is 5.07. The Morgan fingerprint density at radius 1 is 1.57 bits per heavy atom. The molecule has 0 aliphatic rings. The quantitative estimate of drug-likeness (QED) is 0.858. The maximum Gasteiger partial charge on any atom is 0.141 e. The monoisotopic (exact) mass is 233 g/mol. The van der Waals surface area contributed by atoms with Crippen LogP contribution in [0.2, 0.25) is 5.02 Å².